The van der Waals surface area contributed by atoms with E-state index in [0.717, 1.165) is 0 Å². The molecule has 0 aliphatic heterocycles. The third kappa shape index (κ3) is 23.6. The van der Waals surface area contributed by atoms with Crippen LogP contribution in [0, 0.1) is 0 Å². The molecule has 0 unspecified atom stereocenters. The Morgan fingerprint density at radius 3 is 0.400 bits per heavy atom. The van der Waals surface area contributed by atoms with Crippen molar-refractivity contribution in [1.29, 1.82) is 0 Å². The molecule has 35 heavy (non-hydrogen) atoms. The molecule has 0 nitrogen and oxygen atoms in total. The van der Waals surface area contributed by atoms with Crippen LogP contribution in [-0.2, 0) is 0 Å². The van der Waals surface area contributed by atoms with Gasteiger partial charge in [0, 0.05) is 144 Å². The molecule has 11 heteroatoms. The zero-order valence-electron chi connectivity index (χ0n) is 29.1. The van der Waals surface area contributed by atoms with Gasteiger partial charge in [-0.05, 0) is 0 Å². The summed E-state index contributed by atoms with van der Waals surface area (Å²) in [5.41, 5.74) is 0. The molecule has 0 fully saturated rings. The Morgan fingerprint density at radius 1 is 0.314 bits per heavy atom. The van der Waals surface area contributed by atoms with E-state index in [0.29, 0.717) is 0 Å². The summed E-state index contributed by atoms with van der Waals surface area (Å²) in [6.07, 6.45) is 0. The van der Waals surface area contributed by atoms with Crippen LogP contribution in [0.1, 0.15) is 20.8 Å². The monoisotopic (exact) mass is 768 g/mol. The molecular weight excluding hydrogens is 699 g/mol. The fourth-order valence-electron chi connectivity index (χ4n) is 6.56. The van der Waals surface area contributed by atoms with Crippen LogP contribution in [0.25, 0.3) is 0 Å². The Hall–Kier alpha value is 4.39. The second-order valence-corrected chi connectivity index (χ2v) is 90.4. The molecule has 206 valence electrons. The molecule has 0 rings (SSSR count). The standard InChI is InChI=1S/3C8H23Si3.K.Sn/c3*1-8-9(10(2,3)4)11(5,6)7;;/h3*8H2,1-7H3;;. The molecule has 0 amide bonds. The third-order valence-corrected chi connectivity index (χ3v) is 98.9. The molecule has 0 aliphatic rings. The summed E-state index contributed by atoms with van der Waals surface area (Å²) in [6.45, 7) is 53.3. The first-order valence-corrected chi connectivity index (χ1v) is 45.8. The van der Waals surface area contributed by atoms with Gasteiger partial charge in [0.2, 0.25) is 0 Å². The van der Waals surface area contributed by atoms with Gasteiger partial charge in [-0.1, -0.05) is 157 Å². The molecule has 0 heterocycles. The Bertz CT molecular complexity index is 402. The third-order valence-electron chi connectivity index (χ3n) is 6.49. The topological polar surface area (TPSA) is 0 Å². The van der Waals surface area contributed by atoms with Gasteiger partial charge in [0.05, 0.1) is 0 Å². The minimum Gasteiger partial charge on any atom is -0.0719 e. The van der Waals surface area contributed by atoms with Gasteiger partial charge in [0.25, 0.3) is 0 Å². The smallest absolute Gasteiger partial charge is 0.0332 e. The van der Waals surface area contributed by atoms with Crippen molar-refractivity contribution in [2.24, 2.45) is 0 Å². The average Bonchev–Trinajstić information content (AvgIpc) is 2.40. The van der Waals surface area contributed by atoms with E-state index in [4.69, 9.17) is 0 Å². The van der Waals surface area contributed by atoms with Crippen molar-refractivity contribution in [3.05, 3.63) is 0 Å². The summed E-state index contributed by atoms with van der Waals surface area (Å²) in [6, 6.07) is 4.53. The Balaban J connectivity index is -0.000000125. The molecular formula is C24H69KSi9Sn. The van der Waals surface area contributed by atoms with Crippen LogP contribution in [-0.4, -0.2) is 144 Å². The van der Waals surface area contributed by atoms with Crippen LogP contribution in [0.4, 0.5) is 0 Å². The van der Waals surface area contributed by atoms with Crippen molar-refractivity contribution in [2.45, 2.75) is 157 Å². The van der Waals surface area contributed by atoms with Crippen molar-refractivity contribution in [3.8, 4) is 0 Å². The molecule has 0 N–H and O–H groups in total. The Morgan fingerprint density at radius 2 is 0.400 bits per heavy atom. The fourth-order valence-corrected chi connectivity index (χ4v) is 120. The molecule has 0 atom stereocenters. The molecule has 0 aromatic heterocycles. The van der Waals surface area contributed by atoms with E-state index in [1.807, 2.05) is 0 Å². The van der Waals surface area contributed by atoms with Gasteiger partial charge < -0.3 is 0 Å². The molecule has 0 saturated carbocycles. The van der Waals surface area contributed by atoms with Gasteiger partial charge in [0.1, 0.15) is 0 Å². The zero-order chi connectivity index (χ0) is 27.9. The summed E-state index contributed by atoms with van der Waals surface area (Å²) in [7, 11) is -4.36. The first-order valence-electron chi connectivity index (χ1n) is 13.7. The van der Waals surface area contributed by atoms with Gasteiger partial charge in [-0.25, -0.2) is 0 Å². The van der Waals surface area contributed by atoms with Crippen LogP contribution >= 0.6 is 0 Å². The molecule has 0 aromatic carbocycles. The molecule has 0 saturated heterocycles. The number of hydrogen-bond acceptors (Lipinski definition) is 0. The van der Waals surface area contributed by atoms with Crippen molar-refractivity contribution in [1.82, 2.24) is 0 Å². The quantitative estimate of drug-likeness (QED) is 0.206. The van der Waals surface area contributed by atoms with E-state index in [-0.39, 0.29) is 98.8 Å². The van der Waals surface area contributed by atoms with Gasteiger partial charge in [-0.2, -0.15) is 0 Å². The second-order valence-electron chi connectivity index (χ2n) is 16.0. The predicted molar refractivity (Wildman–Crippen MR) is 200 cm³/mol. The molecule has 0 aromatic rings. The largest absolute Gasteiger partial charge is 0.0719 e. The van der Waals surface area contributed by atoms with Gasteiger partial charge in [-0.3, -0.25) is 0 Å². The zero-order valence-corrected chi connectivity index (χ0v) is 44.1. The van der Waals surface area contributed by atoms with Crippen LogP contribution < -0.4 is 0 Å². The van der Waals surface area contributed by atoms with Crippen LogP contribution in [0.2, 0.25) is 136 Å². The molecule has 0 aliphatic carbocycles. The molecule has 0 bridgehead atoms. The van der Waals surface area contributed by atoms with Crippen molar-refractivity contribution >= 4 is 144 Å². The van der Waals surface area contributed by atoms with E-state index in [1.165, 1.54) is 18.1 Å². The van der Waals surface area contributed by atoms with E-state index in [9.17, 15) is 0 Å². The Kier molecular flexibility index (Phi) is 27.4. The number of hydrogen-bond donors (Lipinski definition) is 0. The minimum atomic E-state index is -0.758. The van der Waals surface area contributed by atoms with E-state index < -0.39 is 45.5 Å². The molecule has 0 spiro atoms. The number of rotatable bonds is 9. The summed E-state index contributed by atoms with van der Waals surface area (Å²) in [4.78, 5) is 0. The van der Waals surface area contributed by atoms with Crippen molar-refractivity contribution < 1.29 is 0 Å². The van der Waals surface area contributed by atoms with Gasteiger partial charge in [0.15, 0.2) is 0 Å². The SMILES string of the molecule is CC[Si]([Si](C)(C)C)[Si](C)(C)C.CC[Si]([Si](C)(C)C)[Si](C)(C)C.CC[Si]([Si](C)(C)C)[Si](C)(C)C.[K].[Sn]. The first-order chi connectivity index (χ1) is 14.1. The summed E-state index contributed by atoms with van der Waals surface area (Å²) in [5.74, 6) is 0. The van der Waals surface area contributed by atoms with Crippen LogP contribution in [0.5, 0.6) is 0 Å². The maximum atomic E-state index is 2.56. The fraction of sp³-hybridized carbons (Fsp3) is 1.00. The van der Waals surface area contributed by atoms with Crippen molar-refractivity contribution in [2.75, 3.05) is 0 Å². The van der Waals surface area contributed by atoms with Crippen LogP contribution in [0.3, 0.4) is 0 Å². The van der Waals surface area contributed by atoms with Gasteiger partial charge in [-0.15, -0.1) is 0 Å². The first kappa shape index (κ1) is 49.1. The van der Waals surface area contributed by atoms with Gasteiger partial charge >= 0.3 is 0 Å². The second kappa shape index (κ2) is 19.6. The summed E-state index contributed by atoms with van der Waals surface area (Å²) < 4.78 is 0. The minimum absolute atomic E-state index is 0. The summed E-state index contributed by atoms with van der Waals surface area (Å²) >= 11 is 0. The van der Waals surface area contributed by atoms with E-state index >= 15 is 0 Å². The van der Waals surface area contributed by atoms with E-state index in [1.54, 1.807) is 0 Å². The maximum absolute atomic E-state index is 2.56. The predicted octanol–water partition coefficient (Wildman–Crippen LogP) is 9.24. The molecule has 8 radical (unpaired) electrons. The van der Waals surface area contributed by atoms with E-state index in [2.05, 4.69) is 139 Å². The maximum Gasteiger partial charge on any atom is 0.0332 e. The Labute approximate surface area is 296 Å². The normalized spacial score (nSPS) is 13.4. The van der Waals surface area contributed by atoms with Crippen LogP contribution in [0.15, 0.2) is 0 Å². The van der Waals surface area contributed by atoms with Crippen molar-refractivity contribution in [3.63, 3.8) is 0 Å². The summed E-state index contributed by atoms with van der Waals surface area (Å²) in [5, 5.41) is 0. The average molecular weight is 768 g/mol.